The van der Waals surface area contributed by atoms with E-state index in [1.54, 1.807) is 12.4 Å². The quantitative estimate of drug-likeness (QED) is 0.717. The summed E-state index contributed by atoms with van der Waals surface area (Å²) in [6.07, 6.45) is 4.05. The zero-order valence-corrected chi connectivity index (χ0v) is 8.93. The molecule has 4 nitrogen and oxygen atoms in total. The number of hydrogen-bond donors (Lipinski definition) is 2. The molecule has 0 amide bonds. The zero-order chi connectivity index (χ0) is 10.8. The summed E-state index contributed by atoms with van der Waals surface area (Å²) in [7, 11) is 0. The van der Waals surface area contributed by atoms with E-state index >= 15 is 0 Å². The van der Waals surface area contributed by atoms with E-state index in [1.165, 1.54) is 0 Å². The maximum atomic E-state index is 9.64. The molecule has 1 aromatic rings. The Hall–Kier alpha value is -1.29. The van der Waals surface area contributed by atoms with E-state index in [9.17, 15) is 5.11 Å². The van der Waals surface area contributed by atoms with Gasteiger partial charge in [-0.1, -0.05) is 6.92 Å². The number of rotatable bonds is 1. The number of nitrogens with two attached hydrogens (primary N) is 1. The first kappa shape index (κ1) is 10.2. The van der Waals surface area contributed by atoms with Crippen LogP contribution in [0.3, 0.4) is 0 Å². The van der Waals surface area contributed by atoms with Gasteiger partial charge in [0.1, 0.15) is 0 Å². The maximum Gasteiger partial charge on any atom is 0.0738 e. The second-order valence-electron chi connectivity index (χ2n) is 4.21. The Balaban J connectivity index is 2.15. The van der Waals surface area contributed by atoms with E-state index in [4.69, 9.17) is 5.73 Å². The highest BCUT2D eigenvalue weighted by Crippen LogP contribution is 2.26. The molecular formula is C11H17N3O. The Morgan fingerprint density at radius 3 is 3.07 bits per heavy atom. The average Bonchev–Trinajstić information content (AvgIpc) is 2.23. The standard InChI is InChI=1S/C11H17N3O/c1-8-7-14(5-3-11(8)15)10-2-4-13-6-9(10)12/h2,4,6,8,11,15H,3,5,7,12H2,1H3. The van der Waals surface area contributed by atoms with Crippen molar-refractivity contribution in [2.75, 3.05) is 23.7 Å². The van der Waals surface area contributed by atoms with Crippen LogP contribution in [0.25, 0.3) is 0 Å². The molecule has 0 aliphatic carbocycles. The number of piperidine rings is 1. The maximum absolute atomic E-state index is 9.64. The molecule has 2 heterocycles. The molecule has 4 heteroatoms. The molecule has 1 fully saturated rings. The van der Waals surface area contributed by atoms with Crippen molar-refractivity contribution in [2.24, 2.45) is 5.92 Å². The van der Waals surface area contributed by atoms with E-state index in [0.717, 1.165) is 25.2 Å². The minimum Gasteiger partial charge on any atom is -0.396 e. The van der Waals surface area contributed by atoms with Crippen molar-refractivity contribution in [3.8, 4) is 0 Å². The van der Waals surface area contributed by atoms with Crippen molar-refractivity contribution in [3.05, 3.63) is 18.5 Å². The Labute approximate surface area is 89.7 Å². The molecule has 15 heavy (non-hydrogen) atoms. The van der Waals surface area contributed by atoms with Gasteiger partial charge >= 0.3 is 0 Å². The van der Waals surface area contributed by atoms with E-state index < -0.39 is 0 Å². The molecule has 2 rings (SSSR count). The lowest BCUT2D eigenvalue weighted by Gasteiger charge is -2.36. The summed E-state index contributed by atoms with van der Waals surface area (Å²) in [6.45, 7) is 3.78. The van der Waals surface area contributed by atoms with Crippen LogP contribution >= 0.6 is 0 Å². The van der Waals surface area contributed by atoms with Crippen molar-refractivity contribution in [1.82, 2.24) is 4.98 Å². The fourth-order valence-corrected chi connectivity index (χ4v) is 2.04. The zero-order valence-electron chi connectivity index (χ0n) is 8.93. The third-order valence-corrected chi connectivity index (χ3v) is 3.03. The predicted molar refractivity (Wildman–Crippen MR) is 60.7 cm³/mol. The summed E-state index contributed by atoms with van der Waals surface area (Å²) < 4.78 is 0. The van der Waals surface area contributed by atoms with E-state index in [1.807, 2.05) is 6.07 Å². The van der Waals surface area contributed by atoms with E-state index in [0.29, 0.717) is 11.6 Å². The first-order valence-corrected chi connectivity index (χ1v) is 5.31. The van der Waals surface area contributed by atoms with Crippen LogP contribution < -0.4 is 10.6 Å². The second kappa shape index (κ2) is 4.06. The van der Waals surface area contributed by atoms with Gasteiger partial charge in [-0.05, 0) is 18.4 Å². The van der Waals surface area contributed by atoms with Crippen LogP contribution in [0.2, 0.25) is 0 Å². The highest BCUT2D eigenvalue weighted by molar-refractivity contribution is 5.66. The lowest BCUT2D eigenvalue weighted by molar-refractivity contribution is 0.0971. The molecule has 0 bridgehead atoms. The third kappa shape index (κ3) is 2.04. The highest BCUT2D eigenvalue weighted by atomic mass is 16.3. The van der Waals surface area contributed by atoms with Crippen LogP contribution in [0.1, 0.15) is 13.3 Å². The van der Waals surface area contributed by atoms with Crippen LogP contribution in [0.5, 0.6) is 0 Å². The van der Waals surface area contributed by atoms with Gasteiger partial charge in [0, 0.05) is 19.3 Å². The van der Waals surface area contributed by atoms with Crippen LogP contribution in [0.4, 0.5) is 11.4 Å². The molecule has 1 aliphatic heterocycles. The average molecular weight is 207 g/mol. The fraction of sp³-hybridized carbons (Fsp3) is 0.545. The van der Waals surface area contributed by atoms with Gasteiger partial charge in [-0.2, -0.15) is 0 Å². The lowest BCUT2D eigenvalue weighted by atomic mass is 9.96. The normalized spacial score (nSPS) is 26.7. The Bertz CT molecular complexity index is 342. The van der Waals surface area contributed by atoms with Gasteiger partial charge in [0.05, 0.1) is 23.7 Å². The Morgan fingerprint density at radius 1 is 1.60 bits per heavy atom. The molecular weight excluding hydrogens is 190 g/mol. The minimum atomic E-state index is -0.177. The number of nitrogens with zero attached hydrogens (tertiary/aromatic N) is 2. The summed E-state index contributed by atoms with van der Waals surface area (Å²) in [4.78, 5) is 6.19. The van der Waals surface area contributed by atoms with E-state index in [2.05, 4.69) is 16.8 Å². The third-order valence-electron chi connectivity index (χ3n) is 3.03. The van der Waals surface area contributed by atoms with Crippen LogP contribution in [-0.4, -0.2) is 29.3 Å². The van der Waals surface area contributed by atoms with Gasteiger partial charge in [-0.25, -0.2) is 0 Å². The Kier molecular flexibility index (Phi) is 2.77. The summed E-state index contributed by atoms with van der Waals surface area (Å²) >= 11 is 0. The van der Waals surface area contributed by atoms with Gasteiger partial charge in [0.15, 0.2) is 0 Å². The molecule has 82 valence electrons. The van der Waals surface area contributed by atoms with Crippen molar-refractivity contribution < 1.29 is 5.11 Å². The topological polar surface area (TPSA) is 62.4 Å². The van der Waals surface area contributed by atoms with Gasteiger partial charge < -0.3 is 15.7 Å². The largest absolute Gasteiger partial charge is 0.396 e. The molecule has 3 N–H and O–H groups in total. The first-order valence-electron chi connectivity index (χ1n) is 5.31. The molecule has 0 aromatic carbocycles. The SMILES string of the molecule is CC1CN(c2ccncc2N)CCC1O. The van der Waals surface area contributed by atoms with Gasteiger partial charge in [-0.3, -0.25) is 4.98 Å². The number of aromatic nitrogens is 1. The molecule has 2 atom stereocenters. The molecule has 1 saturated heterocycles. The smallest absolute Gasteiger partial charge is 0.0738 e. The lowest BCUT2D eigenvalue weighted by Crippen LogP contribution is -2.42. The van der Waals surface area contributed by atoms with Crippen LogP contribution in [-0.2, 0) is 0 Å². The van der Waals surface area contributed by atoms with Crippen molar-refractivity contribution in [1.29, 1.82) is 0 Å². The monoisotopic (exact) mass is 207 g/mol. The van der Waals surface area contributed by atoms with Crippen molar-refractivity contribution in [3.63, 3.8) is 0 Å². The van der Waals surface area contributed by atoms with Crippen molar-refractivity contribution >= 4 is 11.4 Å². The molecule has 1 aromatic heterocycles. The van der Waals surface area contributed by atoms with Crippen LogP contribution in [0, 0.1) is 5.92 Å². The van der Waals surface area contributed by atoms with Crippen molar-refractivity contribution in [2.45, 2.75) is 19.4 Å². The summed E-state index contributed by atoms with van der Waals surface area (Å²) in [5, 5.41) is 9.64. The van der Waals surface area contributed by atoms with Gasteiger partial charge in [-0.15, -0.1) is 0 Å². The predicted octanol–water partition coefficient (Wildman–Crippen LogP) is 0.871. The molecule has 2 unspecified atom stereocenters. The molecule has 1 aliphatic rings. The number of nitrogen functional groups attached to an aromatic ring is 1. The fourth-order valence-electron chi connectivity index (χ4n) is 2.04. The summed E-state index contributed by atoms with van der Waals surface area (Å²) in [5.74, 6) is 0.298. The second-order valence-corrected chi connectivity index (χ2v) is 4.21. The van der Waals surface area contributed by atoms with Crippen LogP contribution in [0.15, 0.2) is 18.5 Å². The summed E-state index contributed by atoms with van der Waals surface area (Å²) in [6, 6.07) is 1.93. The van der Waals surface area contributed by atoms with E-state index in [-0.39, 0.29) is 6.10 Å². The van der Waals surface area contributed by atoms with Gasteiger partial charge in [0.25, 0.3) is 0 Å². The Morgan fingerprint density at radius 2 is 2.40 bits per heavy atom. The number of pyridine rings is 1. The number of hydrogen-bond acceptors (Lipinski definition) is 4. The number of aliphatic hydroxyl groups excluding tert-OH is 1. The number of aliphatic hydroxyl groups is 1. The first-order chi connectivity index (χ1) is 7.18. The number of anilines is 2. The summed E-state index contributed by atoms with van der Waals surface area (Å²) in [5.41, 5.74) is 7.61. The molecule has 0 spiro atoms. The highest BCUT2D eigenvalue weighted by Gasteiger charge is 2.24. The van der Waals surface area contributed by atoms with Gasteiger partial charge in [0.2, 0.25) is 0 Å². The molecule has 0 saturated carbocycles. The minimum absolute atomic E-state index is 0.177. The molecule has 0 radical (unpaired) electrons.